The third-order valence-electron chi connectivity index (χ3n) is 2.97. The number of carbonyl (C=O) groups is 1. The Hall–Kier alpha value is -0.970. The summed E-state index contributed by atoms with van der Waals surface area (Å²) in [6.07, 6.45) is 6.50. The van der Waals surface area contributed by atoms with Crippen LogP contribution in [-0.4, -0.2) is 14.7 Å². The minimum absolute atomic E-state index is 0.142. The van der Waals surface area contributed by atoms with E-state index in [0.717, 1.165) is 12.0 Å². The molecule has 6 heteroatoms. The molecule has 21 heavy (non-hydrogen) atoms. The molecule has 1 heterocycles. The molecule has 0 aliphatic rings. The lowest BCUT2D eigenvalue weighted by molar-refractivity contribution is -0.111. The number of imidazole rings is 1. The highest BCUT2D eigenvalue weighted by Gasteiger charge is 2.25. The summed E-state index contributed by atoms with van der Waals surface area (Å²) >= 11 is 13.8. The molecule has 0 N–H and O–H groups in total. The molecule has 0 radical (unpaired) electrons. The zero-order valence-corrected chi connectivity index (χ0v) is 13.9. The Labute approximate surface area is 138 Å². The monoisotopic (exact) mass is 342 g/mol. The van der Waals surface area contributed by atoms with Gasteiger partial charge in [-0.15, -0.1) is 0 Å². The summed E-state index contributed by atoms with van der Waals surface area (Å²) in [6, 6.07) is 7.44. The van der Waals surface area contributed by atoms with Crippen molar-refractivity contribution in [2.45, 2.75) is 30.5 Å². The van der Waals surface area contributed by atoms with Gasteiger partial charge in [0, 0.05) is 23.8 Å². The Balaban J connectivity index is 2.25. The summed E-state index contributed by atoms with van der Waals surface area (Å²) in [7, 11) is 0. The molecular weight excluding hydrogens is 327 g/mol. The van der Waals surface area contributed by atoms with E-state index in [1.54, 1.807) is 23.3 Å². The fourth-order valence-electron chi connectivity index (χ4n) is 1.91. The van der Waals surface area contributed by atoms with Crippen LogP contribution in [0, 0.1) is 0 Å². The van der Waals surface area contributed by atoms with E-state index in [1.165, 1.54) is 11.8 Å². The van der Waals surface area contributed by atoms with Gasteiger partial charge in [-0.3, -0.25) is 4.79 Å². The second kappa shape index (κ2) is 7.87. The van der Waals surface area contributed by atoms with E-state index < -0.39 is 0 Å². The Bertz CT molecular complexity index is 572. The van der Waals surface area contributed by atoms with Crippen molar-refractivity contribution in [1.29, 1.82) is 0 Å². The lowest BCUT2D eigenvalue weighted by Crippen LogP contribution is -2.11. The molecule has 0 aliphatic heterocycles. The first-order valence-electron chi connectivity index (χ1n) is 6.68. The van der Waals surface area contributed by atoms with Crippen molar-refractivity contribution >= 4 is 40.1 Å². The predicted molar refractivity (Wildman–Crippen MR) is 88.8 cm³/mol. The first kappa shape index (κ1) is 16.4. The highest BCUT2D eigenvalue weighted by molar-refractivity contribution is 8.13. The van der Waals surface area contributed by atoms with E-state index in [0.29, 0.717) is 11.4 Å². The average Bonchev–Trinajstić information content (AvgIpc) is 3.00. The second-order valence-corrected chi connectivity index (χ2v) is 6.68. The zero-order valence-electron chi connectivity index (χ0n) is 11.6. The Morgan fingerprint density at radius 3 is 2.67 bits per heavy atom. The molecule has 0 amide bonds. The first-order chi connectivity index (χ1) is 10.1. The number of alkyl halides is 1. The van der Waals surface area contributed by atoms with Crippen LogP contribution in [-0.2, 0) is 4.79 Å². The van der Waals surface area contributed by atoms with Crippen molar-refractivity contribution in [1.82, 2.24) is 9.55 Å². The van der Waals surface area contributed by atoms with Gasteiger partial charge in [0.05, 0.1) is 11.6 Å². The molecule has 1 aromatic heterocycles. The molecular formula is C15H16Cl2N2OS. The normalized spacial score (nSPS) is 13.9. The van der Waals surface area contributed by atoms with Crippen LogP contribution < -0.4 is 0 Å². The maximum Gasteiger partial charge on any atom is 0.189 e. The molecule has 0 aliphatic carbocycles. The van der Waals surface area contributed by atoms with Crippen LogP contribution in [0.15, 0.2) is 43.0 Å². The molecule has 0 saturated heterocycles. The van der Waals surface area contributed by atoms with Crippen molar-refractivity contribution in [3.8, 4) is 0 Å². The number of hydrogen-bond donors (Lipinski definition) is 0. The third-order valence-corrected chi connectivity index (χ3v) is 5.10. The Morgan fingerprint density at radius 2 is 2.10 bits per heavy atom. The van der Waals surface area contributed by atoms with Crippen molar-refractivity contribution in [3.63, 3.8) is 0 Å². The maximum atomic E-state index is 12.0. The standard InChI is InChI=1S/C15H16Cl2N2OS/c1-2-3-13(20)21-14(11-4-6-12(16)7-5-11)15(17)19-9-8-18-10-19/h4-10,14-15H,2-3H2,1H3. The highest BCUT2D eigenvalue weighted by atomic mass is 35.5. The fourth-order valence-corrected chi connectivity index (χ4v) is 3.60. The van der Waals surface area contributed by atoms with Crippen LogP contribution >= 0.6 is 35.0 Å². The number of hydrogen-bond acceptors (Lipinski definition) is 3. The van der Waals surface area contributed by atoms with E-state index in [1.807, 2.05) is 31.2 Å². The molecule has 0 spiro atoms. The number of rotatable bonds is 6. The van der Waals surface area contributed by atoms with E-state index in [2.05, 4.69) is 4.98 Å². The molecule has 2 unspecified atom stereocenters. The van der Waals surface area contributed by atoms with Crippen LogP contribution in [0.2, 0.25) is 5.02 Å². The number of thioether (sulfide) groups is 1. The van der Waals surface area contributed by atoms with E-state index in [9.17, 15) is 4.79 Å². The molecule has 2 rings (SSSR count). The van der Waals surface area contributed by atoms with E-state index in [4.69, 9.17) is 23.2 Å². The SMILES string of the molecule is CCCC(=O)SC(c1ccc(Cl)cc1)C(Cl)n1ccnc1. The van der Waals surface area contributed by atoms with Gasteiger partial charge in [0.2, 0.25) is 0 Å². The molecule has 112 valence electrons. The number of halogens is 2. The van der Waals surface area contributed by atoms with Crippen LogP contribution in [0.3, 0.4) is 0 Å². The van der Waals surface area contributed by atoms with Gasteiger partial charge in [-0.25, -0.2) is 4.98 Å². The first-order valence-corrected chi connectivity index (χ1v) is 8.37. The third kappa shape index (κ3) is 4.50. The van der Waals surface area contributed by atoms with Crippen LogP contribution in [0.4, 0.5) is 0 Å². The lowest BCUT2D eigenvalue weighted by Gasteiger charge is -2.22. The smallest absolute Gasteiger partial charge is 0.189 e. The largest absolute Gasteiger partial charge is 0.319 e. The van der Waals surface area contributed by atoms with Crippen molar-refractivity contribution in [2.75, 3.05) is 0 Å². The molecule has 2 atom stereocenters. The van der Waals surface area contributed by atoms with Gasteiger partial charge in [0.25, 0.3) is 0 Å². The van der Waals surface area contributed by atoms with Gasteiger partial charge >= 0.3 is 0 Å². The van der Waals surface area contributed by atoms with Crippen molar-refractivity contribution < 1.29 is 4.79 Å². The van der Waals surface area contributed by atoms with Crippen LogP contribution in [0.5, 0.6) is 0 Å². The Morgan fingerprint density at radius 1 is 1.38 bits per heavy atom. The Kier molecular flexibility index (Phi) is 6.15. The highest BCUT2D eigenvalue weighted by Crippen LogP contribution is 2.42. The minimum Gasteiger partial charge on any atom is -0.319 e. The number of nitrogens with zero attached hydrogens (tertiary/aromatic N) is 2. The molecule has 0 bridgehead atoms. The number of carbonyl (C=O) groups excluding carboxylic acids is 1. The molecule has 1 aromatic carbocycles. The van der Waals surface area contributed by atoms with Gasteiger partial charge < -0.3 is 4.57 Å². The maximum absolute atomic E-state index is 12.0. The zero-order chi connectivity index (χ0) is 15.2. The number of benzene rings is 1. The summed E-state index contributed by atoms with van der Waals surface area (Å²) in [5.74, 6) is 0. The summed E-state index contributed by atoms with van der Waals surface area (Å²) in [5, 5.41) is 0.622. The molecule has 0 saturated carbocycles. The fraction of sp³-hybridized carbons (Fsp3) is 0.333. The topological polar surface area (TPSA) is 34.9 Å². The van der Waals surface area contributed by atoms with Gasteiger partial charge in [0.1, 0.15) is 5.50 Å². The van der Waals surface area contributed by atoms with Gasteiger partial charge in [-0.05, 0) is 24.1 Å². The molecule has 3 nitrogen and oxygen atoms in total. The average molecular weight is 343 g/mol. The van der Waals surface area contributed by atoms with Crippen LogP contribution in [0.1, 0.15) is 36.1 Å². The lowest BCUT2D eigenvalue weighted by atomic mass is 10.1. The van der Waals surface area contributed by atoms with E-state index in [-0.39, 0.29) is 15.9 Å². The summed E-state index contributed by atoms with van der Waals surface area (Å²) in [4.78, 5) is 16.0. The minimum atomic E-state index is -0.389. The number of aromatic nitrogens is 2. The second-order valence-electron chi connectivity index (χ2n) is 4.59. The van der Waals surface area contributed by atoms with Crippen molar-refractivity contribution in [2.24, 2.45) is 0 Å². The van der Waals surface area contributed by atoms with Crippen molar-refractivity contribution in [3.05, 3.63) is 53.6 Å². The molecule has 0 fully saturated rings. The summed E-state index contributed by atoms with van der Waals surface area (Å²) in [6.45, 7) is 1.99. The predicted octanol–water partition coefficient (Wildman–Crippen LogP) is 5.08. The quantitative estimate of drug-likeness (QED) is 0.687. The van der Waals surface area contributed by atoms with Gasteiger partial charge in [-0.1, -0.05) is 54.0 Å². The van der Waals surface area contributed by atoms with Gasteiger partial charge in [0.15, 0.2) is 5.12 Å². The molecule has 2 aromatic rings. The van der Waals surface area contributed by atoms with Gasteiger partial charge in [-0.2, -0.15) is 0 Å². The summed E-state index contributed by atoms with van der Waals surface area (Å²) in [5.41, 5.74) is 0.585. The van der Waals surface area contributed by atoms with Crippen LogP contribution in [0.25, 0.3) is 0 Å². The van der Waals surface area contributed by atoms with E-state index >= 15 is 0 Å². The summed E-state index contributed by atoms with van der Waals surface area (Å²) < 4.78 is 1.80.